The van der Waals surface area contributed by atoms with E-state index in [0.717, 1.165) is 37.7 Å². The Morgan fingerprint density at radius 3 is 2.89 bits per heavy atom. The van der Waals surface area contributed by atoms with Crippen molar-refractivity contribution in [2.45, 2.75) is 32.7 Å². The quantitative estimate of drug-likeness (QED) is 0.590. The lowest BCUT2D eigenvalue weighted by Gasteiger charge is -2.21. The lowest BCUT2D eigenvalue weighted by atomic mass is 10.2. The fraction of sp³-hybridized carbons (Fsp3) is 0.615. The van der Waals surface area contributed by atoms with Gasteiger partial charge in [0.05, 0.1) is 10.7 Å². The maximum atomic E-state index is 6.19. The zero-order chi connectivity index (χ0) is 13.0. The normalized spacial score (nSPS) is 15.1. The molecule has 18 heavy (non-hydrogen) atoms. The molecule has 100 valence electrons. The molecule has 0 amide bonds. The summed E-state index contributed by atoms with van der Waals surface area (Å²) in [6.07, 6.45) is 3.89. The Morgan fingerprint density at radius 2 is 2.28 bits per heavy atom. The number of aromatic nitrogens is 1. The van der Waals surface area contributed by atoms with Gasteiger partial charge in [0.25, 0.3) is 0 Å². The molecule has 0 bridgehead atoms. The maximum Gasteiger partial charge on any atom is 0.140 e. The van der Waals surface area contributed by atoms with Crippen molar-refractivity contribution in [1.29, 1.82) is 0 Å². The van der Waals surface area contributed by atoms with Gasteiger partial charge in [-0.05, 0) is 43.9 Å². The molecule has 1 aliphatic rings. The van der Waals surface area contributed by atoms with Gasteiger partial charge in [-0.1, -0.05) is 18.5 Å². The van der Waals surface area contributed by atoms with E-state index in [0.29, 0.717) is 10.8 Å². The molecule has 2 rings (SSSR count). The monoisotopic (exact) mass is 268 g/mol. The average molecular weight is 269 g/mol. The number of nitrogen functional groups attached to an aromatic ring is 1. The highest BCUT2D eigenvalue weighted by Crippen LogP contribution is 2.30. The van der Waals surface area contributed by atoms with Gasteiger partial charge in [0.2, 0.25) is 0 Å². The average Bonchev–Trinajstić information content (AvgIpc) is 3.16. The summed E-state index contributed by atoms with van der Waals surface area (Å²) in [5.74, 6) is 6.92. The van der Waals surface area contributed by atoms with Gasteiger partial charge in [-0.2, -0.15) is 0 Å². The first-order chi connectivity index (χ1) is 8.72. The molecule has 1 saturated carbocycles. The second kappa shape index (κ2) is 6.36. The van der Waals surface area contributed by atoms with Crippen LogP contribution >= 0.6 is 11.6 Å². The summed E-state index contributed by atoms with van der Waals surface area (Å²) >= 11 is 6.19. The molecule has 1 heterocycles. The lowest BCUT2D eigenvalue weighted by molar-refractivity contribution is 0.252. The highest BCUT2D eigenvalue weighted by Gasteiger charge is 2.24. The third kappa shape index (κ3) is 3.83. The van der Waals surface area contributed by atoms with Crippen molar-refractivity contribution in [1.82, 2.24) is 9.88 Å². The van der Waals surface area contributed by atoms with Gasteiger partial charge in [-0.3, -0.25) is 4.90 Å². The third-order valence-electron chi connectivity index (χ3n) is 3.19. The van der Waals surface area contributed by atoms with Crippen LogP contribution in [0.1, 0.15) is 31.9 Å². The second-order valence-electron chi connectivity index (χ2n) is 4.95. The molecule has 1 aromatic heterocycles. The molecule has 0 aliphatic heterocycles. The number of hydrazine groups is 1. The van der Waals surface area contributed by atoms with Crippen LogP contribution in [-0.4, -0.2) is 23.0 Å². The Morgan fingerprint density at radius 1 is 1.50 bits per heavy atom. The van der Waals surface area contributed by atoms with E-state index < -0.39 is 0 Å². The molecule has 0 unspecified atom stereocenters. The van der Waals surface area contributed by atoms with Crippen molar-refractivity contribution < 1.29 is 0 Å². The molecule has 3 N–H and O–H groups in total. The first-order valence-corrected chi connectivity index (χ1v) is 6.95. The Kier molecular flexibility index (Phi) is 4.80. The van der Waals surface area contributed by atoms with Crippen LogP contribution in [0.5, 0.6) is 0 Å². The van der Waals surface area contributed by atoms with Crippen LogP contribution in [0.25, 0.3) is 0 Å². The number of hydrogen-bond donors (Lipinski definition) is 2. The number of nitrogens with one attached hydrogen (secondary N) is 1. The maximum absolute atomic E-state index is 6.19. The molecule has 0 saturated heterocycles. The SMILES string of the molecule is CCCN(Cc1nc(NN)ccc1Cl)CC1CC1. The number of pyridine rings is 1. The highest BCUT2D eigenvalue weighted by molar-refractivity contribution is 6.31. The zero-order valence-electron chi connectivity index (χ0n) is 10.8. The van der Waals surface area contributed by atoms with Crippen molar-refractivity contribution >= 4 is 17.4 Å². The van der Waals surface area contributed by atoms with Crippen LogP contribution in [0.4, 0.5) is 5.82 Å². The molecule has 1 aliphatic carbocycles. The number of nitrogens with two attached hydrogens (primary N) is 1. The number of anilines is 1. The molecule has 1 fully saturated rings. The highest BCUT2D eigenvalue weighted by atomic mass is 35.5. The molecule has 0 atom stereocenters. The largest absolute Gasteiger partial charge is 0.308 e. The van der Waals surface area contributed by atoms with Gasteiger partial charge >= 0.3 is 0 Å². The van der Waals surface area contributed by atoms with Crippen molar-refractivity contribution in [3.8, 4) is 0 Å². The molecule has 4 nitrogen and oxygen atoms in total. The Bertz CT molecular complexity index is 393. The van der Waals surface area contributed by atoms with Crippen molar-refractivity contribution in [2.24, 2.45) is 11.8 Å². The van der Waals surface area contributed by atoms with Crippen molar-refractivity contribution in [2.75, 3.05) is 18.5 Å². The van der Waals surface area contributed by atoms with E-state index in [1.165, 1.54) is 12.8 Å². The fourth-order valence-electron chi connectivity index (χ4n) is 2.10. The minimum Gasteiger partial charge on any atom is -0.308 e. The predicted molar refractivity (Wildman–Crippen MR) is 75.3 cm³/mol. The van der Waals surface area contributed by atoms with Gasteiger partial charge < -0.3 is 5.43 Å². The van der Waals surface area contributed by atoms with E-state index >= 15 is 0 Å². The Hall–Kier alpha value is -0.840. The number of rotatable bonds is 7. The van der Waals surface area contributed by atoms with Gasteiger partial charge in [0.15, 0.2) is 0 Å². The molecule has 5 heteroatoms. The fourth-order valence-corrected chi connectivity index (χ4v) is 2.27. The van der Waals surface area contributed by atoms with Crippen molar-refractivity contribution in [3.05, 3.63) is 22.8 Å². The predicted octanol–water partition coefficient (Wildman–Crippen LogP) is 2.64. The van der Waals surface area contributed by atoms with Crippen LogP contribution in [0.3, 0.4) is 0 Å². The van der Waals surface area contributed by atoms with E-state index in [9.17, 15) is 0 Å². The molecule has 0 spiro atoms. The van der Waals surface area contributed by atoms with Crippen LogP contribution in [0.15, 0.2) is 12.1 Å². The van der Waals surface area contributed by atoms with Crippen LogP contribution in [0.2, 0.25) is 5.02 Å². The first kappa shape index (κ1) is 13.6. The van der Waals surface area contributed by atoms with Crippen LogP contribution in [-0.2, 0) is 6.54 Å². The molecular weight excluding hydrogens is 248 g/mol. The summed E-state index contributed by atoms with van der Waals surface area (Å²) in [5.41, 5.74) is 3.47. The van der Waals surface area contributed by atoms with Gasteiger partial charge in [-0.25, -0.2) is 10.8 Å². The summed E-state index contributed by atoms with van der Waals surface area (Å²) in [6, 6.07) is 3.64. The molecule has 1 aromatic rings. The number of hydrogen-bond acceptors (Lipinski definition) is 4. The number of halogens is 1. The molecular formula is C13H21ClN4. The smallest absolute Gasteiger partial charge is 0.140 e. The topological polar surface area (TPSA) is 54.2 Å². The summed E-state index contributed by atoms with van der Waals surface area (Å²) in [6.45, 7) is 5.26. The van der Waals surface area contributed by atoms with Gasteiger partial charge in [-0.15, -0.1) is 0 Å². The number of nitrogens with zero attached hydrogens (tertiary/aromatic N) is 2. The van der Waals surface area contributed by atoms with Crippen LogP contribution in [0, 0.1) is 5.92 Å². The van der Waals surface area contributed by atoms with E-state index in [-0.39, 0.29) is 0 Å². The molecule has 0 aromatic carbocycles. The van der Waals surface area contributed by atoms with Crippen molar-refractivity contribution in [3.63, 3.8) is 0 Å². The molecule has 0 radical (unpaired) electrons. The minimum absolute atomic E-state index is 0.664. The standard InChI is InChI=1S/C13H21ClN4/c1-2-7-18(8-10-3-4-10)9-12-11(14)5-6-13(16-12)17-15/h5-6,10H,2-4,7-9,15H2,1H3,(H,16,17). The zero-order valence-corrected chi connectivity index (χ0v) is 11.6. The first-order valence-electron chi connectivity index (χ1n) is 6.57. The summed E-state index contributed by atoms with van der Waals surface area (Å²) in [4.78, 5) is 6.87. The summed E-state index contributed by atoms with van der Waals surface area (Å²) in [5, 5.41) is 0.714. The van der Waals surface area contributed by atoms with Gasteiger partial charge in [0.1, 0.15) is 5.82 Å². The summed E-state index contributed by atoms with van der Waals surface area (Å²) < 4.78 is 0. The summed E-state index contributed by atoms with van der Waals surface area (Å²) in [7, 11) is 0. The minimum atomic E-state index is 0.664. The van der Waals surface area contributed by atoms with E-state index in [1.807, 2.05) is 6.07 Å². The van der Waals surface area contributed by atoms with E-state index in [4.69, 9.17) is 17.4 Å². The van der Waals surface area contributed by atoms with Gasteiger partial charge in [0, 0.05) is 13.1 Å². The Labute approximate surface area is 113 Å². The lowest BCUT2D eigenvalue weighted by Crippen LogP contribution is -2.27. The third-order valence-corrected chi connectivity index (χ3v) is 3.54. The Balaban J connectivity index is 2.03. The second-order valence-corrected chi connectivity index (χ2v) is 5.36. The van der Waals surface area contributed by atoms with E-state index in [1.54, 1.807) is 6.07 Å². The van der Waals surface area contributed by atoms with Crippen LogP contribution < -0.4 is 11.3 Å². The van der Waals surface area contributed by atoms with E-state index in [2.05, 4.69) is 22.2 Å².